The van der Waals surface area contributed by atoms with Crippen LogP contribution < -0.4 is 4.90 Å². The molecule has 1 aliphatic heterocycles. The second-order valence-corrected chi connectivity index (χ2v) is 9.01. The Morgan fingerprint density at radius 2 is 1.62 bits per heavy atom. The predicted molar refractivity (Wildman–Crippen MR) is 140 cm³/mol. The van der Waals surface area contributed by atoms with Gasteiger partial charge in [-0.2, -0.15) is 5.10 Å². The molecule has 2 atom stereocenters. The summed E-state index contributed by atoms with van der Waals surface area (Å²) in [6.07, 6.45) is 5.41. The SMILES string of the molecule is CCN(CC(=O)N1N=C2/C(=C\c3ccccc3)CCC[C@H]2[C@@H]1c1ccccc1)c1ccccc1. The molecule has 0 bridgehead atoms. The highest BCUT2D eigenvalue weighted by atomic mass is 16.2. The van der Waals surface area contributed by atoms with E-state index in [2.05, 4.69) is 78.6 Å². The van der Waals surface area contributed by atoms with E-state index in [0.717, 1.165) is 42.8 Å². The minimum atomic E-state index is -0.0577. The van der Waals surface area contributed by atoms with E-state index in [4.69, 9.17) is 5.10 Å². The van der Waals surface area contributed by atoms with Crippen molar-refractivity contribution < 1.29 is 4.79 Å². The van der Waals surface area contributed by atoms with Crippen LogP contribution in [0, 0.1) is 5.92 Å². The lowest BCUT2D eigenvalue weighted by molar-refractivity contribution is -0.132. The van der Waals surface area contributed by atoms with E-state index in [1.165, 1.54) is 11.1 Å². The summed E-state index contributed by atoms with van der Waals surface area (Å²) in [6, 6.07) is 30.9. The lowest BCUT2D eigenvalue weighted by Crippen LogP contribution is -2.39. The summed E-state index contributed by atoms with van der Waals surface area (Å²) < 4.78 is 0. The lowest BCUT2D eigenvalue weighted by atomic mass is 9.77. The first kappa shape index (κ1) is 22.1. The summed E-state index contributed by atoms with van der Waals surface area (Å²) >= 11 is 0. The number of para-hydroxylation sites is 1. The number of fused-ring (bicyclic) bond motifs is 1. The van der Waals surface area contributed by atoms with E-state index in [1.54, 1.807) is 5.01 Å². The smallest absolute Gasteiger partial charge is 0.262 e. The summed E-state index contributed by atoms with van der Waals surface area (Å²) in [7, 11) is 0. The Morgan fingerprint density at radius 3 is 2.29 bits per heavy atom. The van der Waals surface area contributed by atoms with E-state index in [9.17, 15) is 4.79 Å². The van der Waals surface area contributed by atoms with Crippen molar-refractivity contribution in [3.8, 4) is 0 Å². The van der Waals surface area contributed by atoms with Gasteiger partial charge in [-0.15, -0.1) is 0 Å². The Kier molecular flexibility index (Phi) is 6.57. The highest BCUT2D eigenvalue weighted by Crippen LogP contribution is 2.44. The maximum atomic E-state index is 13.7. The summed E-state index contributed by atoms with van der Waals surface area (Å²) in [6.45, 7) is 3.16. The molecule has 1 saturated carbocycles. The van der Waals surface area contributed by atoms with Gasteiger partial charge in [-0.05, 0) is 61.1 Å². The summed E-state index contributed by atoms with van der Waals surface area (Å²) in [5.74, 6) is 0.266. The highest BCUT2D eigenvalue weighted by Gasteiger charge is 2.43. The first-order valence-electron chi connectivity index (χ1n) is 12.3. The first-order valence-corrected chi connectivity index (χ1v) is 12.3. The molecule has 1 heterocycles. The molecule has 4 heteroatoms. The van der Waals surface area contributed by atoms with Gasteiger partial charge in [0, 0.05) is 18.2 Å². The number of anilines is 1. The molecule has 3 aromatic carbocycles. The largest absolute Gasteiger partial charge is 0.362 e. The molecule has 0 saturated heterocycles. The predicted octanol–water partition coefficient (Wildman–Crippen LogP) is 6.34. The zero-order valence-electron chi connectivity index (χ0n) is 19.7. The number of amides is 1. The van der Waals surface area contributed by atoms with Crippen LogP contribution in [0.5, 0.6) is 0 Å². The van der Waals surface area contributed by atoms with Gasteiger partial charge in [0.25, 0.3) is 5.91 Å². The Hall–Kier alpha value is -3.66. The van der Waals surface area contributed by atoms with Crippen molar-refractivity contribution in [2.75, 3.05) is 18.0 Å². The van der Waals surface area contributed by atoms with Gasteiger partial charge in [-0.3, -0.25) is 4.79 Å². The van der Waals surface area contributed by atoms with Crippen molar-refractivity contribution >= 4 is 23.4 Å². The van der Waals surface area contributed by atoms with Crippen molar-refractivity contribution in [3.63, 3.8) is 0 Å². The number of carbonyl (C=O) groups is 1. The maximum absolute atomic E-state index is 13.7. The van der Waals surface area contributed by atoms with Crippen LogP contribution in [0.25, 0.3) is 6.08 Å². The molecule has 5 rings (SSSR count). The Morgan fingerprint density at radius 1 is 0.971 bits per heavy atom. The maximum Gasteiger partial charge on any atom is 0.262 e. The number of benzene rings is 3. The molecule has 0 spiro atoms. The third-order valence-corrected chi connectivity index (χ3v) is 6.87. The average Bonchev–Trinajstić information content (AvgIpc) is 3.30. The quantitative estimate of drug-likeness (QED) is 0.440. The van der Waals surface area contributed by atoms with Gasteiger partial charge in [0.1, 0.15) is 0 Å². The van der Waals surface area contributed by atoms with Gasteiger partial charge < -0.3 is 4.90 Å². The monoisotopic (exact) mass is 449 g/mol. The van der Waals surface area contributed by atoms with Crippen LogP contribution in [0.15, 0.2) is 102 Å². The highest BCUT2D eigenvalue weighted by molar-refractivity contribution is 6.08. The van der Waals surface area contributed by atoms with Gasteiger partial charge in [-0.25, -0.2) is 5.01 Å². The van der Waals surface area contributed by atoms with E-state index in [1.807, 2.05) is 30.3 Å². The van der Waals surface area contributed by atoms with Crippen molar-refractivity contribution in [2.24, 2.45) is 11.0 Å². The van der Waals surface area contributed by atoms with Crippen LogP contribution in [0.3, 0.4) is 0 Å². The lowest BCUT2D eigenvalue weighted by Gasteiger charge is -2.31. The second kappa shape index (κ2) is 10.1. The van der Waals surface area contributed by atoms with Crippen LogP contribution >= 0.6 is 0 Å². The van der Waals surface area contributed by atoms with Crippen LogP contribution in [0.1, 0.15) is 43.4 Å². The Balaban J connectivity index is 1.49. The number of rotatable bonds is 6. The standard InChI is InChI=1S/C30H31N3O/c1-2-32(26-18-10-5-11-19-26)22-28(34)33-30(24-15-8-4-9-16-24)27-20-12-17-25(29(27)31-33)21-23-13-6-3-7-14-23/h3-11,13-16,18-19,21,27,30H,2,12,17,20,22H2,1H3/b25-21-/t27-,30+/m1/s1. The minimum Gasteiger partial charge on any atom is -0.362 e. The van der Waals surface area contributed by atoms with Gasteiger partial charge >= 0.3 is 0 Å². The number of carbonyl (C=O) groups excluding carboxylic acids is 1. The summed E-state index contributed by atoms with van der Waals surface area (Å²) in [4.78, 5) is 15.9. The number of likely N-dealkylation sites (N-methyl/N-ethyl adjacent to an activating group) is 1. The van der Waals surface area contributed by atoms with Gasteiger partial charge in [0.15, 0.2) is 0 Å². The number of hydrazone groups is 1. The zero-order chi connectivity index (χ0) is 23.3. The van der Waals surface area contributed by atoms with Gasteiger partial charge in [0.05, 0.1) is 18.3 Å². The Labute approximate surface area is 202 Å². The second-order valence-electron chi connectivity index (χ2n) is 9.01. The molecule has 2 aliphatic rings. The molecule has 1 aliphatic carbocycles. The van der Waals surface area contributed by atoms with E-state index in [0.29, 0.717) is 6.54 Å². The van der Waals surface area contributed by atoms with E-state index < -0.39 is 0 Å². The summed E-state index contributed by atoms with van der Waals surface area (Å²) in [5, 5.41) is 6.81. The molecule has 172 valence electrons. The molecule has 0 N–H and O–H groups in total. The molecule has 0 radical (unpaired) electrons. The number of hydrogen-bond acceptors (Lipinski definition) is 3. The Bertz CT molecular complexity index is 1170. The van der Waals surface area contributed by atoms with Gasteiger partial charge in [-0.1, -0.05) is 78.9 Å². The molecule has 34 heavy (non-hydrogen) atoms. The molecule has 1 fully saturated rings. The van der Waals surface area contributed by atoms with Crippen LogP contribution in [0.4, 0.5) is 5.69 Å². The normalized spacial score (nSPS) is 20.7. The topological polar surface area (TPSA) is 35.9 Å². The minimum absolute atomic E-state index is 0.0421. The number of hydrogen-bond donors (Lipinski definition) is 0. The average molecular weight is 450 g/mol. The van der Waals surface area contributed by atoms with E-state index >= 15 is 0 Å². The van der Waals surface area contributed by atoms with Crippen molar-refractivity contribution in [1.29, 1.82) is 0 Å². The van der Waals surface area contributed by atoms with Crippen molar-refractivity contribution in [2.45, 2.75) is 32.2 Å². The third kappa shape index (κ3) is 4.54. The molecule has 3 aromatic rings. The van der Waals surface area contributed by atoms with Crippen LogP contribution in [0.2, 0.25) is 0 Å². The third-order valence-electron chi connectivity index (χ3n) is 6.87. The number of nitrogens with zero attached hydrogens (tertiary/aromatic N) is 3. The fraction of sp³-hybridized carbons (Fsp3) is 0.267. The zero-order valence-corrected chi connectivity index (χ0v) is 19.7. The molecular formula is C30H31N3O. The molecule has 0 aromatic heterocycles. The molecule has 0 unspecified atom stereocenters. The fourth-order valence-corrected chi connectivity index (χ4v) is 5.20. The van der Waals surface area contributed by atoms with Crippen LogP contribution in [-0.4, -0.2) is 29.7 Å². The fourth-order valence-electron chi connectivity index (χ4n) is 5.20. The van der Waals surface area contributed by atoms with Crippen LogP contribution in [-0.2, 0) is 4.79 Å². The summed E-state index contributed by atoms with van der Waals surface area (Å²) in [5.41, 5.74) is 5.74. The molecule has 1 amide bonds. The van der Waals surface area contributed by atoms with E-state index in [-0.39, 0.29) is 17.9 Å². The molecule has 4 nitrogen and oxygen atoms in total. The van der Waals surface area contributed by atoms with Crippen molar-refractivity contribution in [1.82, 2.24) is 5.01 Å². The van der Waals surface area contributed by atoms with Crippen molar-refractivity contribution in [3.05, 3.63) is 108 Å². The first-order chi connectivity index (χ1) is 16.7. The number of allylic oxidation sites excluding steroid dienone is 1. The van der Waals surface area contributed by atoms with Gasteiger partial charge in [0.2, 0.25) is 0 Å². The molecular weight excluding hydrogens is 418 g/mol.